The number of amides is 1. The fourth-order valence-corrected chi connectivity index (χ4v) is 6.88. The summed E-state index contributed by atoms with van der Waals surface area (Å²) in [5.74, 6) is 1.33. The molecule has 1 aliphatic carbocycles. The third kappa shape index (κ3) is 5.05. The summed E-state index contributed by atoms with van der Waals surface area (Å²) in [4.78, 5) is 16.8. The lowest BCUT2D eigenvalue weighted by atomic mass is 9.86. The van der Waals surface area contributed by atoms with Crippen molar-refractivity contribution >= 4 is 21.6 Å². The van der Waals surface area contributed by atoms with E-state index < -0.39 is 10.0 Å². The number of allylic oxidation sites excluding steroid dienone is 2. The first-order valence-electron chi connectivity index (χ1n) is 11.9. The molecule has 1 atom stereocenters. The van der Waals surface area contributed by atoms with Crippen LogP contribution in [0.1, 0.15) is 44.9 Å². The number of hydrogen-bond donors (Lipinski definition) is 0. The van der Waals surface area contributed by atoms with Gasteiger partial charge >= 0.3 is 0 Å². The number of carbonyl (C=O) groups is 1. The number of anilines is 1. The number of ether oxygens (including phenoxy) is 1. The van der Waals surface area contributed by atoms with Crippen molar-refractivity contribution in [3.63, 3.8) is 0 Å². The van der Waals surface area contributed by atoms with E-state index in [1.54, 1.807) is 11.4 Å². The maximum Gasteiger partial charge on any atom is 0.234 e. The van der Waals surface area contributed by atoms with Crippen LogP contribution in [0.15, 0.2) is 36.0 Å². The van der Waals surface area contributed by atoms with E-state index in [1.165, 1.54) is 0 Å². The van der Waals surface area contributed by atoms with Gasteiger partial charge in [-0.1, -0.05) is 18.2 Å². The standard InChI is InChI=1S/C24H35N3O4S/c1-31-23-12-5-4-11-22(23)25-15-17-26(18-16-25)24(28)13-7-19-32(29,30)27-14-6-9-20-8-2-3-10-21(20)27/h4-5,10-12,20H,2-3,6-9,13-19H2,1H3. The minimum atomic E-state index is -3.36. The molecule has 0 radical (unpaired) electrons. The second-order valence-corrected chi connectivity index (χ2v) is 10.9. The van der Waals surface area contributed by atoms with Crippen molar-refractivity contribution in [1.29, 1.82) is 0 Å². The molecule has 2 fully saturated rings. The number of rotatable bonds is 7. The average molecular weight is 462 g/mol. The molecule has 3 aliphatic rings. The Labute approximate surface area is 192 Å². The molecule has 176 valence electrons. The van der Waals surface area contributed by atoms with Crippen LogP contribution in [0.5, 0.6) is 5.75 Å². The van der Waals surface area contributed by atoms with Crippen molar-refractivity contribution in [2.45, 2.75) is 44.9 Å². The van der Waals surface area contributed by atoms with Gasteiger partial charge in [0.1, 0.15) is 5.75 Å². The fourth-order valence-electron chi connectivity index (χ4n) is 5.20. The predicted octanol–water partition coefficient (Wildman–Crippen LogP) is 3.23. The van der Waals surface area contributed by atoms with Gasteiger partial charge < -0.3 is 14.5 Å². The Morgan fingerprint density at radius 3 is 2.59 bits per heavy atom. The Morgan fingerprint density at radius 2 is 1.81 bits per heavy atom. The zero-order chi connectivity index (χ0) is 22.6. The molecule has 2 heterocycles. The summed E-state index contributed by atoms with van der Waals surface area (Å²) in [5.41, 5.74) is 2.06. The zero-order valence-corrected chi connectivity index (χ0v) is 19.9. The van der Waals surface area contributed by atoms with Gasteiger partial charge in [-0.2, -0.15) is 0 Å². The van der Waals surface area contributed by atoms with Crippen LogP contribution in [0, 0.1) is 5.92 Å². The van der Waals surface area contributed by atoms with E-state index in [9.17, 15) is 13.2 Å². The zero-order valence-electron chi connectivity index (χ0n) is 19.0. The number of methoxy groups -OCH3 is 1. The number of fused-ring (bicyclic) bond motifs is 1. The first-order chi connectivity index (χ1) is 15.5. The predicted molar refractivity (Wildman–Crippen MR) is 126 cm³/mol. The van der Waals surface area contributed by atoms with Gasteiger partial charge in [0.15, 0.2) is 0 Å². The third-order valence-electron chi connectivity index (χ3n) is 6.92. The summed E-state index contributed by atoms with van der Waals surface area (Å²) >= 11 is 0. The van der Waals surface area contributed by atoms with Crippen molar-refractivity contribution in [3.05, 3.63) is 36.0 Å². The quantitative estimate of drug-likeness (QED) is 0.624. The van der Waals surface area contributed by atoms with Gasteiger partial charge in [0, 0.05) is 44.8 Å². The van der Waals surface area contributed by atoms with Gasteiger partial charge in [-0.15, -0.1) is 0 Å². The van der Waals surface area contributed by atoms with Crippen LogP contribution in [0.2, 0.25) is 0 Å². The Balaban J connectivity index is 1.26. The molecule has 0 spiro atoms. The summed E-state index contributed by atoms with van der Waals surface area (Å²) in [7, 11) is -1.69. The lowest BCUT2D eigenvalue weighted by Gasteiger charge is -2.38. The smallest absolute Gasteiger partial charge is 0.234 e. The molecule has 0 aromatic heterocycles. The van der Waals surface area contributed by atoms with Crippen molar-refractivity contribution in [3.8, 4) is 5.75 Å². The third-order valence-corrected chi connectivity index (χ3v) is 8.79. The molecule has 0 saturated carbocycles. The average Bonchev–Trinajstić information content (AvgIpc) is 2.83. The van der Waals surface area contributed by atoms with E-state index in [1.807, 2.05) is 29.2 Å². The van der Waals surface area contributed by atoms with E-state index in [-0.39, 0.29) is 18.1 Å². The SMILES string of the molecule is COc1ccccc1N1CCN(C(=O)CCCS(=O)(=O)N2CCCC3CCCC=C32)CC1. The largest absolute Gasteiger partial charge is 0.495 e. The highest BCUT2D eigenvalue weighted by molar-refractivity contribution is 7.89. The Hall–Kier alpha value is -2.22. The highest BCUT2D eigenvalue weighted by atomic mass is 32.2. The summed E-state index contributed by atoms with van der Waals surface area (Å²) in [6, 6.07) is 7.92. The van der Waals surface area contributed by atoms with Gasteiger partial charge in [0.05, 0.1) is 18.6 Å². The van der Waals surface area contributed by atoms with Gasteiger partial charge in [-0.25, -0.2) is 8.42 Å². The number of benzene rings is 1. The molecule has 7 nitrogen and oxygen atoms in total. The Morgan fingerprint density at radius 1 is 1.06 bits per heavy atom. The number of piperidine rings is 1. The van der Waals surface area contributed by atoms with Crippen LogP contribution in [0.25, 0.3) is 0 Å². The Kier molecular flexibility index (Phi) is 7.28. The van der Waals surface area contributed by atoms with E-state index >= 15 is 0 Å². The van der Waals surface area contributed by atoms with Gasteiger partial charge in [-0.3, -0.25) is 9.10 Å². The molecule has 1 unspecified atom stereocenters. The molecule has 2 aliphatic heterocycles. The van der Waals surface area contributed by atoms with Gasteiger partial charge in [-0.05, 0) is 56.6 Å². The molecule has 0 N–H and O–H groups in total. The minimum absolute atomic E-state index is 0.0456. The van der Waals surface area contributed by atoms with E-state index in [4.69, 9.17) is 4.74 Å². The summed E-state index contributed by atoms with van der Waals surface area (Å²) < 4.78 is 33.1. The maximum absolute atomic E-state index is 13.0. The molecule has 1 aromatic carbocycles. The normalized spacial score (nSPS) is 21.7. The van der Waals surface area contributed by atoms with Crippen molar-refractivity contribution in [2.75, 3.05) is 50.5 Å². The van der Waals surface area contributed by atoms with E-state index in [0.29, 0.717) is 32.0 Å². The second kappa shape index (κ2) is 10.1. The first-order valence-corrected chi connectivity index (χ1v) is 13.5. The minimum Gasteiger partial charge on any atom is -0.495 e. The van der Waals surface area contributed by atoms with E-state index in [2.05, 4.69) is 11.0 Å². The lowest BCUT2D eigenvalue weighted by Crippen LogP contribution is -2.49. The van der Waals surface area contributed by atoms with Crippen molar-refractivity contribution in [1.82, 2.24) is 9.21 Å². The Bertz CT molecular complexity index is 938. The number of sulfonamides is 1. The molecule has 4 rings (SSSR count). The second-order valence-electron chi connectivity index (χ2n) is 8.93. The molecule has 0 bridgehead atoms. The molecule has 2 saturated heterocycles. The number of piperazine rings is 1. The molecule has 8 heteroatoms. The van der Waals surface area contributed by atoms with Crippen molar-refractivity contribution in [2.24, 2.45) is 5.92 Å². The summed E-state index contributed by atoms with van der Waals surface area (Å²) in [5, 5.41) is 0. The van der Waals surface area contributed by atoms with Crippen LogP contribution >= 0.6 is 0 Å². The summed E-state index contributed by atoms with van der Waals surface area (Å²) in [6.45, 7) is 3.36. The molecular weight excluding hydrogens is 426 g/mol. The molecule has 1 amide bonds. The maximum atomic E-state index is 13.0. The topological polar surface area (TPSA) is 70.2 Å². The molecule has 32 heavy (non-hydrogen) atoms. The number of nitrogens with zero attached hydrogens (tertiary/aromatic N) is 3. The highest BCUT2D eigenvalue weighted by Gasteiger charge is 2.33. The number of hydrogen-bond acceptors (Lipinski definition) is 5. The van der Waals surface area contributed by atoms with Crippen LogP contribution in [0.4, 0.5) is 5.69 Å². The first kappa shape index (κ1) is 23.0. The van der Waals surface area contributed by atoms with Crippen LogP contribution in [-0.2, 0) is 14.8 Å². The van der Waals surface area contributed by atoms with Gasteiger partial charge in [0.2, 0.25) is 15.9 Å². The summed E-state index contributed by atoms with van der Waals surface area (Å²) in [6.07, 6.45) is 8.02. The van der Waals surface area contributed by atoms with Gasteiger partial charge in [0.25, 0.3) is 0 Å². The van der Waals surface area contributed by atoms with Crippen LogP contribution in [-0.4, -0.2) is 69.1 Å². The fraction of sp³-hybridized carbons (Fsp3) is 0.625. The van der Waals surface area contributed by atoms with Crippen LogP contribution < -0.4 is 9.64 Å². The highest BCUT2D eigenvalue weighted by Crippen LogP contribution is 2.36. The lowest BCUT2D eigenvalue weighted by molar-refractivity contribution is -0.131. The number of para-hydroxylation sites is 2. The van der Waals surface area contributed by atoms with Crippen molar-refractivity contribution < 1.29 is 17.9 Å². The molecule has 1 aromatic rings. The molecular formula is C24H35N3O4S. The number of carbonyl (C=O) groups excluding carboxylic acids is 1. The van der Waals surface area contributed by atoms with E-state index in [0.717, 1.165) is 62.3 Å². The van der Waals surface area contributed by atoms with Crippen LogP contribution in [0.3, 0.4) is 0 Å². The monoisotopic (exact) mass is 461 g/mol.